The summed E-state index contributed by atoms with van der Waals surface area (Å²) >= 11 is 6.04. The van der Waals surface area contributed by atoms with Crippen molar-refractivity contribution in [2.75, 3.05) is 5.32 Å². The minimum Gasteiger partial charge on any atom is -0.377 e. The predicted molar refractivity (Wildman–Crippen MR) is 94.5 cm³/mol. The number of nitrogens with one attached hydrogen (secondary N) is 1. The Morgan fingerprint density at radius 2 is 2.00 bits per heavy atom. The van der Waals surface area contributed by atoms with E-state index in [0.717, 1.165) is 5.52 Å². The summed E-state index contributed by atoms with van der Waals surface area (Å²) in [6.45, 7) is 0.314. The lowest BCUT2D eigenvalue weighted by molar-refractivity contribution is 0.628. The maximum atomic E-state index is 13.2. The number of anilines is 1. The first kappa shape index (κ1) is 15.6. The van der Waals surface area contributed by atoms with Crippen LogP contribution in [0.25, 0.3) is 16.7 Å². The highest BCUT2D eigenvalue weighted by molar-refractivity contribution is 6.33. The van der Waals surface area contributed by atoms with Crippen LogP contribution in [-0.4, -0.2) is 19.2 Å². The van der Waals surface area contributed by atoms with Gasteiger partial charge in [0.2, 0.25) is 5.78 Å². The number of aromatic nitrogens is 4. The Labute approximate surface area is 146 Å². The van der Waals surface area contributed by atoms with Gasteiger partial charge >= 0.3 is 0 Å². The fourth-order valence-electron chi connectivity index (χ4n) is 2.81. The Kier molecular flexibility index (Phi) is 3.65. The van der Waals surface area contributed by atoms with Gasteiger partial charge in [-0.1, -0.05) is 23.7 Å². The molecule has 0 aliphatic carbocycles. The summed E-state index contributed by atoms with van der Waals surface area (Å²) in [5.41, 5.74) is 1.19. The van der Waals surface area contributed by atoms with Crippen molar-refractivity contribution in [3.63, 3.8) is 0 Å². The van der Waals surface area contributed by atoms with E-state index in [2.05, 4.69) is 15.5 Å². The molecule has 126 valence electrons. The van der Waals surface area contributed by atoms with Crippen molar-refractivity contribution in [3.8, 4) is 0 Å². The summed E-state index contributed by atoms with van der Waals surface area (Å²) in [5.74, 6) is 0.664. The number of nitrogens with zero attached hydrogens (tertiary/aromatic N) is 4. The second-order valence-corrected chi connectivity index (χ2v) is 6.02. The highest BCUT2D eigenvalue weighted by atomic mass is 35.5. The summed E-state index contributed by atoms with van der Waals surface area (Å²) in [5, 5.41) is 12.3. The fourth-order valence-corrected chi connectivity index (χ4v) is 3.05. The van der Waals surface area contributed by atoms with E-state index in [0.29, 0.717) is 29.2 Å². The molecular formula is C17H13ClFN5O. The van der Waals surface area contributed by atoms with Gasteiger partial charge in [0.15, 0.2) is 5.82 Å². The Balaban J connectivity index is 1.82. The summed E-state index contributed by atoms with van der Waals surface area (Å²) in [6, 6.07) is 11.4. The first-order valence-corrected chi connectivity index (χ1v) is 7.95. The van der Waals surface area contributed by atoms with Gasteiger partial charge in [-0.05, 0) is 30.3 Å². The predicted octanol–water partition coefficient (Wildman–Crippen LogP) is 2.99. The summed E-state index contributed by atoms with van der Waals surface area (Å²) in [6.07, 6.45) is 0. The maximum Gasteiger partial charge on any atom is 0.262 e. The molecule has 2 heterocycles. The number of fused-ring (bicyclic) bond motifs is 3. The van der Waals surface area contributed by atoms with Crippen molar-refractivity contribution in [2.45, 2.75) is 6.54 Å². The fraction of sp³-hybridized carbons (Fsp3) is 0.118. The van der Waals surface area contributed by atoms with Crippen LogP contribution < -0.4 is 10.9 Å². The van der Waals surface area contributed by atoms with Gasteiger partial charge in [-0.3, -0.25) is 13.8 Å². The van der Waals surface area contributed by atoms with Gasteiger partial charge < -0.3 is 5.32 Å². The van der Waals surface area contributed by atoms with Crippen LogP contribution in [0.5, 0.6) is 0 Å². The number of hydrogen-bond acceptors (Lipinski definition) is 4. The number of hydrogen-bond donors (Lipinski definition) is 1. The summed E-state index contributed by atoms with van der Waals surface area (Å²) < 4.78 is 16.4. The summed E-state index contributed by atoms with van der Waals surface area (Å²) in [7, 11) is 1.66. The van der Waals surface area contributed by atoms with Crippen LogP contribution in [0.2, 0.25) is 5.02 Å². The second kappa shape index (κ2) is 5.86. The number of para-hydroxylation sites is 1. The minimum absolute atomic E-state index is 0.128. The molecule has 0 unspecified atom stereocenters. The zero-order chi connectivity index (χ0) is 17.6. The Morgan fingerprint density at radius 1 is 1.20 bits per heavy atom. The molecule has 0 saturated carbocycles. The van der Waals surface area contributed by atoms with Crippen molar-refractivity contribution in [1.82, 2.24) is 19.2 Å². The molecule has 0 bridgehead atoms. The quantitative estimate of drug-likeness (QED) is 0.612. The number of benzene rings is 2. The summed E-state index contributed by atoms with van der Waals surface area (Å²) in [4.78, 5) is 12.4. The monoisotopic (exact) mass is 357 g/mol. The van der Waals surface area contributed by atoms with Crippen molar-refractivity contribution < 1.29 is 4.39 Å². The minimum atomic E-state index is -0.399. The van der Waals surface area contributed by atoms with Crippen LogP contribution in [-0.2, 0) is 13.6 Å². The van der Waals surface area contributed by atoms with E-state index in [1.54, 1.807) is 19.2 Å². The lowest BCUT2D eigenvalue weighted by Crippen LogP contribution is -2.20. The molecule has 0 saturated heterocycles. The van der Waals surface area contributed by atoms with Gasteiger partial charge in [0.1, 0.15) is 5.82 Å². The van der Waals surface area contributed by atoms with Gasteiger partial charge in [0, 0.05) is 7.05 Å². The van der Waals surface area contributed by atoms with Crippen LogP contribution in [0, 0.1) is 5.82 Å². The van der Waals surface area contributed by atoms with E-state index in [1.807, 2.05) is 22.6 Å². The van der Waals surface area contributed by atoms with Gasteiger partial charge in [-0.2, -0.15) is 0 Å². The average molecular weight is 358 g/mol. The molecule has 1 N–H and O–H groups in total. The van der Waals surface area contributed by atoms with Gasteiger partial charge in [-0.15, -0.1) is 10.2 Å². The normalized spacial score (nSPS) is 11.3. The third kappa shape index (κ3) is 2.53. The molecule has 0 aliphatic rings. The van der Waals surface area contributed by atoms with E-state index in [1.165, 1.54) is 16.7 Å². The van der Waals surface area contributed by atoms with Crippen molar-refractivity contribution in [2.24, 2.45) is 7.05 Å². The van der Waals surface area contributed by atoms with Crippen LogP contribution in [0.3, 0.4) is 0 Å². The van der Waals surface area contributed by atoms with E-state index in [9.17, 15) is 9.18 Å². The van der Waals surface area contributed by atoms with Crippen molar-refractivity contribution in [3.05, 3.63) is 69.5 Å². The van der Waals surface area contributed by atoms with Crippen LogP contribution in [0.1, 0.15) is 5.82 Å². The van der Waals surface area contributed by atoms with Gasteiger partial charge in [0.05, 0.1) is 28.2 Å². The molecule has 0 spiro atoms. The van der Waals surface area contributed by atoms with Crippen molar-refractivity contribution in [1.29, 1.82) is 0 Å². The second-order valence-electron chi connectivity index (χ2n) is 5.61. The molecule has 4 rings (SSSR count). The molecule has 2 aromatic heterocycles. The van der Waals surface area contributed by atoms with E-state index >= 15 is 0 Å². The van der Waals surface area contributed by atoms with Crippen LogP contribution in [0.4, 0.5) is 10.1 Å². The SMILES string of the molecule is Cn1c(=O)c2ccccc2n2c(CNc3ccc(F)cc3Cl)nnc12. The first-order valence-electron chi connectivity index (χ1n) is 7.57. The molecule has 8 heteroatoms. The average Bonchev–Trinajstić information content (AvgIpc) is 3.03. The molecule has 0 aliphatic heterocycles. The Morgan fingerprint density at radius 3 is 2.80 bits per heavy atom. The van der Waals surface area contributed by atoms with E-state index in [4.69, 9.17) is 11.6 Å². The zero-order valence-corrected chi connectivity index (χ0v) is 14.0. The molecule has 0 fully saturated rings. The smallest absolute Gasteiger partial charge is 0.262 e. The van der Waals surface area contributed by atoms with E-state index < -0.39 is 5.82 Å². The third-order valence-electron chi connectivity index (χ3n) is 4.06. The maximum absolute atomic E-state index is 13.2. The molecule has 6 nitrogen and oxygen atoms in total. The standard InChI is InChI=1S/C17H13ClFN5O/c1-23-16(25)11-4-2-3-5-14(11)24-15(21-22-17(23)24)9-20-13-7-6-10(19)8-12(13)18/h2-8,20H,9H2,1H3. The lowest BCUT2D eigenvalue weighted by Gasteiger charge is -2.10. The Bertz CT molecular complexity index is 1170. The highest BCUT2D eigenvalue weighted by Gasteiger charge is 2.14. The molecule has 0 amide bonds. The first-order chi connectivity index (χ1) is 12.1. The van der Waals surface area contributed by atoms with Crippen molar-refractivity contribution >= 4 is 34.0 Å². The third-order valence-corrected chi connectivity index (χ3v) is 4.37. The molecule has 4 aromatic rings. The Hall–Kier alpha value is -2.93. The number of halogens is 2. The number of aryl methyl sites for hydroxylation is 1. The molecule has 0 radical (unpaired) electrons. The molecular weight excluding hydrogens is 345 g/mol. The largest absolute Gasteiger partial charge is 0.377 e. The topological polar surface area (TPSA) is 64.2 Å². The van der Waals surface area contributed by atoms with Gasteiger partial charge in [-0.25, -0.2) is 4.39 Å². The van der Waals surface area contributed by atoms with E-state index in [-0.39, 0.29) is 10.6 Å². The molecule has 25 heavy (non-hydrogen) atoms. The van der Waals surface area contributed by atoms with Crippen LogP contribution >= 0.6 is 11.6 Å². The molecule has 2 aromatic carbocycles. The highest BCUT2D eigenvalue weighted by Crippen LogP contribution is 2.23. The van der Waals surface area contributed by atoms with Gasteiger partial charge in [0.25, 0.3) is 5.56 Å². The number of rotatable bonds is 3. The van der Waals surface area contributed by atoms with Crippen LogP contribution in [0.15, 0.2) is 47.3 Å². The molecule has 0 atom stereocenters. The zero-order valence-electron chi connectivity index (χ0n) is 13.2. The lowest BCUT2D eigenvalue weighted by atomic mass is 10.2.